The van der Waals surface area contributed by atoms with Crippen LogP contribution in [0.2, 0.25) is 0 Å². The Labute approximate surface area is 111 Å². The standard InChI is InChI=1S/C10H7INOS2/c11-7(5-14)6-15-10-12-8-3-1-2-4-9(8)13-10/h1-4,7H,6H2. The molecule has 0 aliphatic rings. The fraction of sp³-hybridized carbons (Fsp3) is 0.200. The first-order valence-corrected chi connectivity index (χ1v) is 6.93. The van der Waals surface area contributed by atoms with Crippen LogP contribution in [0.5, 0.6) is 0 Å². The first-order valence-electron chi connectivity index (χ1n) is 4.29. The molecule has 0 N–H and O–H groups in total. The van der Waals surface area contributed by atoms with Gasteiger partial charge in [0.05, 0.1) is 3.92 Å². The maximum atomic E-state index is 5.55. The van der Waals surface area contributed by atoms with Gasteiger partial charge >= 0.3 is 0 Å². The summed E-state index contributed by atoms with van der Waals surface area (Å²) in [5.74, 6) is 0.844. The average molecular weight is 348 g/mol. The van der Waals surface area contributed by atoms with Gasteiger partial charge in [-0.1, -0.05) is 58.7 Å². The Morgan fingerprint density at radius 2 is 2.33 bits per heavy atom. The normalized spacial score (nSPS) is 12.9. The van der Waals surface area contributed by atoms with Gasteiger partial charge in [0.25, 0.3) is 5.22 Å². The summed E-state index contributed by atoms with van der Waals surface area (Å²) in [5.41, 5.74) is 1.73. The summed E-state index contributed by atoms with van der Waals surface area (Å²) in [7, 11) is 0. The van der Waals surface area contributed by atoms with E-state index in [-0.39, 0.29) is 3.92 Å². The fourth-order valence-corrected chi connectivity index (χ4v) is 2.50. The molecule has 0 bridgehead atoms. The van der Waals surface area contributed by atoms with Crippen LogP contribution in [0, 0.1) is 0 Å². The molecule has 0 aliphatic carbocycles. The van der Waals surface area contributed by atoms with E-state index >= 15 is 0 Å². The molecule has 1 aromatic carbocycles. The Balaban J connectivity index is 2.12. The van der Waals surface area contributed by atoms with E-state index in [0.29, 0.717) is 5.22 Å². The van der Waals surface area contributed by atoms with Crippen molar-refractivity contribution in [3.8, 4) is 0 Å². The average Bonchev–Trinajstić information content (AvgIpc) is 2.68. The van der Waals surface area contributed by atoms with Crippen molar-refractivity contribution in [2.75, 3.05) is 5.75 Å². The van der Waals surface area contributed by atoms with Crippen molar-refractivity contribution in [1.29, 1.82) is 0 Å². The minimum atomic E-state index is 0.248. The van der Waals surface area contributed by atoms with Crippen LogP contribution in [0.15, 0.2) is 33.9 Å². The Morgan fingerprint density at radius 3 is 3.07 bits per heavy atom. The monoisotopic (exact) mass is 348 g/mol. The smallest absolute Gasteiger partial charge is 0.256 e. The van der Waals surface area contributed by atoms with E-state index in [4.69, 9.17) is 16.6 Å². The van der Waals surface area contributed by atoms with E-state index in [9.17, 15) is 0 Å². The number of halogens is 1. The molecule has 1 radical (unpaired) electrons. The third-order valence-corrected chi connectivity index (χ3v) is 4.73. The number of hydrogen-bond acceptors (Lipinski definition) is 4. The van der Waals surface area contributed by atoms with Gasteiger partial charge in [0, 0.05) is 11.1 Å². The van der Waals surface area contributed by atoms with Crippen molar-refractivity contribution >= 4 is 63.0 Å². The van der Waals surface area contributed by atoms with Crippen LogP contribution in [0.25, 0.3) is 11.1 Å². The minimum Gasteiger partial charge on any atom is -0.431 e. The SMILES string of the molecule is S=[C]C(I)CSc1nc2ccccc2o1. The van der Waals surface area contributed by atoms with Crippen molar-refractivity contribution in [2.24, 2.45) is 0 Å². The second-order valence-corrected chi connectivity index (χ2v) is 5.55. The van der Waals surface area contributed by atoms with Crippen molar-refractivity contribution in [3.63, 3.8) is 0 Å². The predicted molar refractivity (Wildman–Crippen MR) is 75.1 cm³/mol. The largest absolute Gasteiger partial charge is 0.431 e. The lowest BCUT2D eigenvalue weighted by atomic mass is 10.3. The highest BCUT2D eigenvalue weighted by molar-refractivity contribution is 14.1. The van der Waals surface area contributed by atoms with E-state index < -0.39 is 0 Å². The van der Waals surface area contributed by atoms with E-state index in [1.165, 1.54) is 0 Å². The Kier molecular flexibility index (Phi) is 3.99. The van der Waals surface area contributed by atoms with E-state index in [1.807, 2.05) is 24.3 Å². The van der Waals surface area contributed by atoms with Crippen LogP contribution in [0.1, 0.15) is 0 Å². The molecule has 1 heterocycles. The number of thioether (sulfide) groups is 1. The van der Waals surface area contributed by atoms with Crippen molar-refractivity contribution in [1.82, 2.24) is 4.98 Å². The van der Waals surface area contributed by atoms with Crippen LogP contribution < -0.4 is 0 Å². The molecule has 0 aliphatic heterocycles. The number of para-hydroxylation sites is 2. The molecule has 0 saturated heterocycles. The van der Waals surface area contributed by atoms with Crippen LogP contribution in [0.4, 0.5) is 0 Å². The molecule has 0 fully saturated rings. The lowest BCUT2D eigenvalue weighted by Crippen LogP contribution is -1.99. The molecular weight excluding hydrogens is 341 g/mol. The first kappa shape index (κ1) is 11.3. The fourth-order valence-electron chi connectivity index (χ4n) is 1.09. The predicted octanol–water partition coefficient (Wildman–Crippen LogP) is 3.60. The van der Waals surface area contributed by atoms with Crippen molar-refractivity contribution in [3.05, 3.63) is 24.3 Å². The number of nitrogens with zero attached hydrogens (tertiary/aromatic N) is 1. The second kappa shape index (κ2) is 5.27. The molecule has 0 amide bonds. The second-order valence-electron chi connectivity index (χ2n) is 2.84. The van der Waals surface area contributed by atoms with Crippen LogP contribution in [-0.2, 0) is 0 Å². The number of alkyl halides is 1. The molecular formula is C10H7INOS2. The Hall–Kier alpha value is -0.140. The highest BCUT2D eigenvalue weighted by atomic mass is 127. The van der Waals surface area contributed by atoms with E-state index in [1.54, 1.807) is 11.8 Å². The number of benzene rings is 1. The number of thiocarbonyl (C=S) groups is 1. The summed E-state index contributed by atoms with van der Waals surface area (Å²) in [6, 6.07) is 7.74. The maximum Gasteiger partial charge on any atom is 0.256 e. The lowest BCUT2D eigenvalue weighted by Gasteiger charge is -1.97. The molecule has 1 unspecified atom stereocenters. The summed E-state index contributed by atoms with van der Waals surface area (Å²) in [5, 5.41) is 3.45. The zero-order chi connectivity index (χ0) is 10.7. The highest BCUT2D eigenvalue weighted by Gasteiger charge is 2.07. The molecule has 0 saturated carbocycles. The lowest BCUT2D eigenvalue weighted by molar-refractivity contribution is 0.489. The summed E-state index contributed by atoms with van der Waals surface area (Å²) < 4.78 is 5.80. The molecule has 2 nitrogen and oxygen atoms in total. The number of oxazole rings is 1. The van der Waals surface area contributed by atoms with Gasteiger partial charge in [-0.25, -0.2) is 4.98 Å². The van der Waals surface area contributed by atoms with Crippen molar-refractivity contribution < 1.29 is 4.42 Å². The molecule has 5 heteroatoms. The third kappa shape index (κ3) is 2.92. The Bertz CT molecular complexity index is 438. The number of aromatic nitrogens is 1. The molecule has 2 aromatic rings. The molecule has 1 aromatic heterocycles. The van der Waals surface area contributed by atoms with Crippen LogP contribution in [-0.4, -0.2) is 20.0 Å². The molecule has 77 valence electrons. The van der Waals surface area contributed by atoms with E-state index in [2.05, 4.69) is 32.9 Å². The summed E-state index contributed by atoms with van der Waals surface area (Å²) in [4.78, 5) is 4.35. The first-order chi connectivity index (χ1) is 7.29. The molecule has 15 heavy (non-hydrogen) atoms. The van der Waals surface area contributed by atoms with Gasteiger partial charge in [-0.15, -0.1) is 0 Å². The van der Waals surface area contributed by atoms with Gasteiger partial charge in [-0.3, -0.25) is 0 Å². The number of hydrogen-bond donors (Lipinski definition) is 0. The topological polar surface area (TPSA) is 26.0 Å². The Morgan fingerprint density at radius 1 is 1.53 bits per heavy atom. The van der Waals surface area contributed by atoms with Gasteiger partial charge in [0.2, 0.25) is 0 Å². The van der Waals surface area contributed by atoms with Gasteiger partial charge < -0.3 is 4.42 Å². The summed E-state index contributed by atoms with van der Waals surface area (Å²) >= 11 is 8.54. The zero-order valence-electron chi connectivity index (χ0n) is 7.64. The zero-order valence-corrected chi connectivity index (χ0v) is 11.4. The minimum absolute atomic E-state index is 0.248. The number of fused-ring (bicyclic) bond motifs is 1. The third-order valence-electron chi connectivity index (χ3n) is 1.76. The highest BCUT2D eigenvalue weighted by Crippen LogP contribution is 2.24. The van der Waals surface area contributed by atoms with Crippen LogP contribution in [0.3, 0.4) is 0 Å². The van der Waals surface area contributed by atoms with Crippen molar-refractivity contribution in [2.45, 2.75) is 9.15 Å². The number of rotatable bonds is 4. The van der Waals surface area contributed by atoms with Gasteiger partial charge in [0.1, 0.15) is 5.52 Å². The van der Waals surface area contributed by atoms with E-state index in [0.717, 1.165) is 16.9 Å². The summed E-state index contributed by atoms with van der Waals surface area (Å²) in [6.07, 6.45) is 0. The molecule has 2 rings (SSSR count). The molecule has 1 atom stereocenters. The van der Waals surface area contributed by atoms with Gasteiger partial charge in [-0.2, -0.15) is 0 Å². The maximum absolute atomic E-state index is 5.55. The quantitative estimate of drug-likeness (QED) is 0.365. The van der Waals surface area contributed by atoms with Gasteiger partial charge in [0.15, 0.2) is 5.58 Å². The molecule has 0 spiro atoms. The summed E-state index contributed by atoms with van der Waals surface area (Å²) in [6.45, 7) is 0. The van der Waals surface area contributed by atoms with Gasteiger partial charge in [-0.05, 0) is 12.1 Å². The van der Waals surface area contributed by atoms with Crippen LogP contribution >= 0.6 is 46.6 Å².